The summed E-state index contributed by atoms with van der Waals surface area (Å²) in [6.45, 7) is 3.35. The van der Waals surface area contributed by atoms with Crippen LogP contribution in [0, 0.1) is 6.92 Å². The molecule has 0 amide bonds. The van der Waals surface area contributed by atoms with Gasteiger partial charge in [-0.15, -0.1) is 0 Å². The van der Waals surface area contributed by atoms with E-state index in [1.165, 1.54) is 5.56 Å². The van der Waals surface area contributed by atoms with Gasteiger partial charge in [0.25, 0.3) is 0 Å². The third kappa shape index (κ3) is 3.26. The second-order valence-electron chi connectivity index (χ2n) is 6.85. The summed E-state index contributed by atoms with van der Waals surface area (Å²) in [6, 6.07) is 6.91. The van der Waals surface area contributed by atoms with E-state index in [1.807, 2.05) is 13.0 Å². The van der Waals surface area contributed by atoms with Gasteiger partial charge < -0.3 is 4.90 Å². The van der Waals surface area contributed by atoms with Crippen LogP contribution in [0.2, 0.25) is 0 Å². The molecule has 1 aromatic heterocycles. The van der Waals surface area contributed by atoms with E-state index in [-0.39, 0.29) is 6.04 Å². The van der Waals surface area contributed by atoms with Crippen molar-refractivity contribution in [1.29, 1.82) is 0 Å². The maximum atomic E-state index is 12.6. The van der Waals surface area contributed by atoms with Crippen molar-refractivity contribution in [3.63, 3.8) is 0 Å². The highest BCUT2D eigenvalue weighted by Gasteiger charge is 2.30. The van der Waals surface area contributed by atoms with Gasteiger partial charge in [-0.1, -0.05) is 12.1 Å². The van der Waals surface area contributed by atoms with Gasteiger partial charge in [0.15, 0.2) is 0 Å². The molecule has 7 heteroatoms. The molecule has 0 bridgehead atoms. The Balaban J connectivity index is 1.49. The second kappa shape index (κ2) is 6.38. The van der Waals surface area contributed by atoms with E-state index < -0.39 is 10.0 Å². The minimum Gasteiger partial charge on any atom is -0.355 e. The third-order valence-corrected chi connectivity index (χ3v) is 6.48. The maximum absolute atomic E-state index is 12.6. The summed E-state index contributed by atoms with van der Waals surface area (Å²) in [6.07, 6.45) is 5.57. The van der Waals surface area contributed by atoms with E-state index in [1.54, 1.807) is 24.5 Å². The molecular formula is C18H22N4O2S. The van der Waals surface area contributed by atoms with Crippen LogP contribution >= 0.6 is 0 Å². The number of hydrogen-bond acceptors (Lipinski definition) is 5. The van der Waals surface area contributed by atoms with Gasteiger partial charge in [0, 0.05) is 30.4 Å². The summed E-state index contributed by atoms with van der Waals surface area (Å²) in [5.74, 6) is 0.986. The van der Waals surface area contributed by atoms with Crippen LogP contribution in [0.3, 0.4) is 0 Å². The lowest BCUT2D eigenvalue weighted by Gasteiger charge is -2.20. The standard InChI is InChI=1S/C18H22N4O2S/c1-13-4-2-5-15(10-13)25(23,24)21-14-8-9-22(11-14)18-16-6-3-7-17(16)19-12-20-18/h2,4-5,10,12,14,21H,3,6-9,11H2,1H3/t14-/m1/s1. The molecule has 25 heavy (non-hydrogen) atoms. The average Bonchev–Trinajstić information content (AvgIpc) is 3.23. The van der Waals surface area contributed by atoms with E-state index in [9.17, 15) is 8.42 Å². The summed E-state index contributed by atoms with van der Waals surface area (Å²) in [7, 11) is -3.49. The first kappa shape index (κ1) is 16.5. The molecule has 0 radical (unpaired) electrons. The number of fused-ring (bicyclic) bond motifs is 1. The molecule has 4 rings (SSSR count). The number of aromatic nitrogens is 2. The number of nitrogens with one attached hydrogen (secondary N) is 1. The fraction of sp³-hybridized carbons (Fsp3) is 0.444. The Kier molecular flexibility index (Phi) is 4.21. The molecule has 1 aromatic carbocycles. The molecule has 0 saturated carbocycles. The fourth-order valence-corrected chi connectivity index (χ4v) is 5.10. The summed E-state index contributed by atoms with van der Waals surface area (Å²) >= 11 is 0. The Bertz CT molecular complexity index is 898. The van der Waals surface area contributed by atoms with Gasteiger partial charge in [0.1, 0.15) is 12.1 Å². The minimum atomic E-state index is -3.49. The lowest BCUT2D eigenvalue weighted by Crippen LogP contribution is -2.37. The van der Waals surface area contributed by atoms with Crippen LogP contribution in [-0.4, -0.2) is 37.5 Å². The second-order valence-corrected chi connectivity index (χ2v) is 8.56. The Morgan fingerprint density at radius 3 is 2.96 bits per heavy atom. The van der Waals surface area contributed by atoms with E-state index in [0.717, 1.165) is 49.3 Å². The van der Waals surface area contributed by atoms with Crippen molar-refractivity contribution in [2.24, 2.45) is 0 Å². The van der Waals surface area contributed by atoms with Gasteiger partial charge in [0.05, 0.1) is 4.90 Å². The van der Waals surface area contributed by atoms with Crippen LogP contribution in [0.1, 0.15) is 29.7 Å². The van der Waals surface area contributed by atoms with Gasteiger partial charge in [0.2, 0.25) is 10.0 Å². The smallest absolute Gasteiger partial charge is 0.240 e. The highest BCUT2D eigenvalue weighted by molar-refractivity contribution is 7.89. The predicted octanol–water partition coefficient (Wildman–Crippen LogP) is 1.83. The monoisotopic (exact) mass is 358 g/mol. The van der Waals surface area contributed by atoms with Crippen molar-refractivity contribution in [2.45, 2.75) is 43.5 Å². The zero-order valence-corrected chi connectivity index (χ0v) is 15.1. The van der Waals surface area contributed by atoms with Crippen LogP contribution in [0.4, 0.5) is 5.82 Å². The van der Waals surface area contributed by atoms with E-state index in [2.05, 4.69) is 19.6 Å². The normalized spacial score (nSPS) is 20.0. The molecule has 1 N–H and O–H groups in total. The lowest BCUT2D eigenvalue weighted by molar-refractivity contribution is 0.561. The third-order valence-electron chi connectivity index (χ3n) is 4.96. The van der Waals surface area contributed by atoms with Gasteiger partial charge in [-0.05, 0) is 50.3 Å². The summed E-state index contributed by atoms with van der Waals surface area (Å²) < 4.78 is 28.1. The quantitative estimate of drug-likeness (QED) is 0.902. The largest absolute Gasteiger partial charge is 0.355 e. The molecule has 0 spiro atoms. The average molecular weight is 358 g/mol. The van der Waals surface area contributed by atoms with Gasteiger partial charge in [-0.2, -0.15) is 0 Å². The van der Waals surface area contributed by atoms with Crippen LogP contribution in [0.5, 0.6) is 0 Å². The first-order chi connectivity index (χ1) is 12.0. The topological polar surface area (TPSA) is 75.2 Å². The Morgan fingerprint density at radius 2 is 2.12 bits per heavy atom. The maximum Gasteiger partial charge on any atom is 0.240 e. The first-order valence-corrected chi connectivity index (χ1v) is 10.2. The van der Waals surface area contributed by atoms with E-state index >= 15 is 0 Å². The zero-order valence-electron chi connectivity index (χ0n) is 14.3. The Morgan fingerprint density at radius 1 is 1.24 bits per heavy atom. The van der Waals surface area contributed by atoms with Gasteiger partial charge >= 0.3 is 0 Å². The minimum absolute atomic E-state index is 0.0995. The summed E-state index contributed by atoms with van der Waals surface area (Å²) in [5.41, 5.74) is 3.32. The molecule has 0 unspecified atom stereocenters. The molecule has 2 aromatic rings. The predicted molar refractivity (Wildman–Crippen MR) is 96.2 cm³/mol. The number of sulfonamides is 1. The van der Waals surface area contributed by atoms with Crippen molar-refractivity contribution in [3.05, 3.63) is 47.4 Å². The van der Waals surface area contributed by atoms with Gasteiger partial charge in [-0.25, -0.2) is 23.1 Å². The van der Waals surface area contributed by atoms with Crippen molar-refractivity contribution < 1.29 is 8.42 Å². The van der Waals surface area contributed by atoms with Gasteiger partial charge in [-0.3, -0.25) is 0 Å². The number of nitrogens with zero attached hydrogens (tertiary/aromatic N) is 3. The molecule has 132 valence electrons. The van der Waals surface area contributed by atoms with Crippen LogP contribution in [0.25, 0.3) is 0 Å². The van der Waals surface area contributed by atoms with E-state index in [4.69, 9.17) is 0 Å². The molecular weight excluding hydrogens is 336 g/mol. The van der Waals surface area contributed by atoms with Crippen LogP contribution < -0.4 is 9.62 Å². The van der Waals surface area contributed by atoms with Crippen molar-refractivity contribution in [2.75, 3.05) is 18.0 Å². The summed E-state index contributed by atoms with van der Waals surface area (Å²) in [5, 5.41) is 0. The van der Waals surface area contributed by atoms with Crippen molar-refractivity contribution in [3.8, 4) is 0 Å². The lowest BCUT2D eigenvalue weighted by atomic mass is 10.2. The number of aryl methyl sites for hydroxylation is 2. The molecule has 1 saturated heterocycles. The molecule has 1 aliphatic heterocycles. The molecule has 6 nitrogen and oxygen atoms in total. The van der Waals surface area contributed by atoms with Crippen molar-refractivity contribution >= 4 is 15.8 Å². The SMILES string of the molecule is Cc1cccc(S(=O)(=O)N[C@@H]2CCN(c3ncnc4c3CCC4)C2)c1. The summed E-state index contributed by atoms with van der Waals surface area (Å²) in [4.78, 5) is 11.4. The highest BCUT2D eigenvalue weighted by Crippen LogP contribution is 2.30. The molecule has 2 aliphatic rings. The Hall–Kier alpha value is -1.99. The zero-order chi connectivity index (χ0) is 17.4. The number of anilines is 1. The molecule has 1 aliphatic carbocycles. The van der Waals surface area contributed by atoms with Crippen molar-refractivity contribution in [1.82, 2.24) is 14.7 Å². The number of benzene rings is 1. The van der Waals surface area contributed by atoms with Crippen LogP contribution in [-0.2, 0) is 22.9 Å². The molecule has 2 heterocycles. The number of rotatable bonds is 4. The first-order valence-electron chi connectivity index (χ1n) is 8.69. The van der Waals surface area contributed by atoms with E-state index in [0.29, 0.717) is 11.4 Å². The number of hydrogen-bond donors (Lipinski definition) is 1. The Labute approximate surface area is 148 Å². The fourth-order valence-electron chi connectivity index (χ4n) is 3.73. The van der Waals surface area contributed by atoms with Crippen LogP contribution in [0.15, 0.2) is 35.5 Å². The highest BCUT2D eigenvalue weighted by atomic mass is 32.2. The molecule has 1 fully saturated rings. The molecule has 1 atom stereocenters.